The summed E-state index contributed by atoms with van der Waals surface area (Å²) in [7, 11) is 1.83. The Bertz CT molecular complexity index is 187. The molecule has 1 unspecified atom stereocenters. The molecule has 1 atom stereocenters. The van der Waals surface area contributed by atoms with Gasteiger partial charge in [-0.3, -0.25) is 4.79 Å². The molecule has 0 aromatic rings. The number of carbonyl (C=O) groups excluding carboxylic acids is 1. The van der Waals surface area contributed by atoms with Gasteiger partial charge in [0.1, 0.15) is 0 Å². The van der Waals surface area contributed by atoms with Gasteiger partial charge in [0.2, 0.25) is 5.91 Å². The highest BCUT2D eigenvalue weighted by atomic mass is 16.6. The predicted octanol–water partition coefficient (Wildman–Crippen LogP) is 1.20. The van der Waals surface area contributed by atoms with Gasteiger partial charge in [0.05, 0.1) is 12.7 Å². The van der Waals surface area contributed by atoms with E-state index in [-0.39, 0.29) is 5.91 Å². The Hall–Kier alpha value is -0.830. The minimum atomic E-state index is 0.206. The summed E-state index contributed by atoms with van der Waals surface area (Å²) in [4.78, 5) is 13.2. The van der Waals surface area contributed by atoms with Crippen LogP contribution in [0, 0.1) is 0 Å². The molecule has 0 N–H and O–H groups in total. The van der Waals surface area contributed by atoms with Crippen LogP contribution in [0.1, 0.15) is 19.3 Å². The van der Waals surface area contributed by atoms with Gasteiger partial charge in [0.25, 0.3) is 0 Å². The number of allylic oxidation sites excluding steroid dienone is 1. The molecule has 1 aliphatic heterocycles. The van der Waals surface area contributed by atoms with Crippen LogP contribution < -0.4 is 0 Å². The molecule has 0 bridgehead atoms. The first-order chi connectivity index (χ1) is 6.24. The van der Waals surface area contributed by atoms with Crippen LogP contribution in [0.25, 0.3) is 0 Å². The molecule has 1 heterocycles. The lowest BCUT2D eigenvalue weighted by atomic mass is 10.2. The highest BCUT2D eigenvalue weighted by Crippen LogP contribution is 2.10. The minimum Gasteiger partial charge on any atom is -0.371 e. The standard InChI is InChI=1S/C10H17NO2/c1-3-4-5-6-10(12)11(2)7-9-8-13-9/h3,9H,1,4-8H2,2H3. The first kappa shape index (κ1) is 10.3. The van der Waals surface area contributed by atoms with Crippen molar-refractivity contribution >= 4 is 5.91 Å². The van der Waals surface area contributed by atoms with Gasteiger partial charge in [-0.25, -0.2) is 0 Å². The smallest absolute Gasteiger partial charge is 0.222 e. The van der Waals surface area contributed by atoms with Crippen LogP contribution in [-0.2, 0) is 9.53 Å². The maximum Gasteiger partial charge on any atom is 0.222 e. The Morgan fingerprint density at radius 3 is 3.00 bits per heavy atom. The van der Waals surface area contributed by atoms with Gasteiger partial charge in [0, 0.05) is 20.0 Å². The molecule has 1 saturated heterocycles. The van der Waals surface area contributed by atoms with Crippen molar-refractivity contribution in [1.29, 1.82) is 0 Å². The lowest BCUT2D eigenvalue weighted by Gasteiger charge is -2.15. The summed E-state index contributed by atoms with van der Waals surface area (Å²) in [6.07, 6.45) is 4.58. The predicted molar refractivity (Wildman–Crippen MR) is 51.4 cm³/mol. The first-order valence-electron chi connectivity index (χ1n) is 4.70. The molecule has 1 amide bonds. The molecule has 0 aliphatic carbocycles. The molecular formula is C10H17NO2. The Balaban J connectivity index is 2.09. The number of rotatable bonds is 6. The topological polar surface area (TPSA) is 32.8 Å². The molecule has 13 heavy (non-hydrogen) atoms. The average Bonchev–Trinajstić information content (AvgIpc) is 2.88. The van der Waals surface area contributed by atoms with E-state index in [1.54, 1.807) is 4.90 Å². The van der Waals surface area contributed by atoms with Crippen LogP contribution in [0.4, 0.5) is 0 Å². The van der Waals surface area contributed by atoms with E-state index in [2.05, 4.69) is 6.58 Å². The minimum absolute atomic E-state index is 0.206. The molecule has 0 radical (unpaired) electrons. The summed E-state index contributed by atoms with van der Waals surface area (Å²) in [6, 6.07) is 0. The largest absolute Gasteiger partial charge is 0.371 e. The normalized spacial score (nSPS) is 19.6. The average molecular weight is 183 g/mol. The van der Waals surface area contributed by atoms with E-state index in [1.165, 1.54) is 0 Å². The summed E-state index contributed by atoms with van der Waals surface area (Å²) in [6.45, 7) is 5.17. The third-order valence-corrected chi connectivity index (χ3v) is 2.10. The van der Waals surface area contributed by atoms with Crippen molar-refractivity contribution in [1.82, 2.24) is 4.90 Å². The monoisotopic (exact) mass is 183 g/mol. The molecule has 1 aliphatic rings. The summed E-state index contributed by atoms with van der Waals surface area (Å²) in [5.41, 5.74) is 0. The molecule has 0 aromatic carbocycles. The first-order valence-corrected chi connectivity index (χ1v) is 4.70. The van der Waals surface area contributed by atoms with E-state index >= 15 is 0 Å². The van der Waals surface area contributed by atoms with Crippen molar-refractivity contribution in [2.24, 2.45) is 0 Å². The molecule has 1 rings (SSSR count). The van der Waals surface area contributed by atoms with E-state index in [0.717, 1.165) is 26.0 Å². The lowest BCUT2D eigenvalue weighted by Crippen LogP contribution is -2.30. The Labute approximate surface area is 79.4 Å². The number of hydrogen-bond acceptors (Lipinski definition) is 2. The molecule has 3 heteroatoms. The van der Waals surface area contributed by atoms with Gasteiger partial charge in [-0.2, -0.15) is 0 Å². The fraction of sp³-hybridized carbons (Fsp3) is 0.700. The third kappa shape index (κ3) is 4.08. The summed E-state index contributed by atoms with van der Waals surface area (Å²) in [5.74, 6) is 0.206. The van der Waals surface area contributed by atoms with Gasteiger partial charge in [-0.15, -0.1) is 6.58 Å². The van der Waals surface area contributed by atoms with Gasteiger partial charge >= 0.3 is 0 Å². The zero-order chi connectivity index (χ0) is 9.68. The number of amides is 1. The SMILES string of the molecule is C=CCCCC(=O)N(C)CC1CO1. The molecule has 3 nitrogen and oxygen atoms in total. The van der Waals surface area contributed by atoms with Crippen molar-refractivity contribution in [2.75, 3.05) is 20.2 Å². The number of epoxide rings is 1. The van der Waals surface area contributed by atoms with E-state index < -0.39 is 0 Å². The van der Waals surface area contributed by atoms with Crippen molar-refractivity contribution < 1.29 is 9.53 Å². The second-order valence-corrected chi connectivity index (χ2v) is 3.41. The highest BCUT2D eigenvalue weighted by Gasteiger charge is 2.25. The highest BCUT2D eigenvalue weighted by molar-refractivity contribution is 5.75. The van der Waals surface area contributed by atoms with Gasteiger partial charge in [-0.05, 0) is 12.8 Å². The second-order valence-electron chi connectivity index (χ2n) is 3.41. The summed E-state index contributed by atoms with van der Waals surface area (Å²) in [5, 5.41) is 0. The zero-order valence-corrected chi connectivity index (χ0v) is 8.16. The molecule has 74 valence electrons. The van der Waals surface area contributed by atoms with E-state index in [9.17, 15) is 4.79 Å². The maximum atomic E-state index is 11.4. The van der Waals surface area contributed by atoms with Crippen LogP contribution in [0.3, 0.4) is 0 Å². The number of ether oxygens (including phenoxy) is 1. The van der Waals surface area contributed by atoms with Gasteiger partial charge in [0.15, 0.2) is 0 Å². The molecule has 0 aromatic heterocycles. The van der Waals surface area contributed by atoms with Crippen LogP contribution >= 0.6 is 0 Å². The van der Waals surface area contributed by atoms with Crippen LogP contribution in [-0.4, -0.2) is 37.1 Å². The summed E-state index contributed by atoms with van der Waals surface area (Å²) < 4.78 is 5.04. The van der Waals surface area contributed by atoms with Crippen molar-refractivity contribution in [3.63, 3.8) is 0 Å². The molecule has 0 saturated carbocycles. The van der Waals surface area contributed by atoms with Crippen molar-refractivity contribution in [3.8, 4) is 0 Å². The van der Waals surface area contributed by atoms with Crippen molar-refractivity contribution in [3.05, 3.63) is 12.7 Å². The Morgan fingerprint density at radius 1 is 1.77 bits per heavy atom. The zero-order valence-electron chi connectivity index (χ0n) is 8.16. The number of likely N-dealkylation sites (N-methyl/N-ethyl adjacent to an activating group) is 1. The number of nitrogens with zero attached hydrogens (tertiary/aromatic N) is 1. The lowest BCUT2D eigenvalue weighted by molar-refractivity contribution is -0.130. The van der Waals surface area contributed by atoms with Gasteiger partial charge < -0.3 is 9.64 Å². The fourth-order valence-corrected chi connectivity index (χ4v) is 1.17. The van der Waals surface area contributed by atoms with Crippen LogP contribution in [0.2, 0.25) is 0 Å². The quantitative estimate of drug-likeness (QED) is 0.352. The van der Waals surface area contributed by atoms with E-state index in [1.807, 2.05) is 13.1 Å². The van der Waals surface area contributed by atoms with E-state index in [0.29, 0.717) is 12.5 Å². The molecule has 1 fully saturated rings. The molecule has 0 spiro atoms. The Kier molecular flexibility index (Phi) is 3.96. The maximum absolute atomic E-state index is 11.4. The number of carbonyl (C=O) groups is 1. The number of unbranched alkanes of at least 4 members (excludes halogenated alkanes) is 1. The second kappa shape index (κ2) is 5.02. The summed E-state index contributed by atoms with van der Waals surface area (Å²) >= 11 is 0. The van der Waals surface area contributed by atoms with Crippen LogP contribution in [0.15, 0.2) is 12.7 Å². The van der Waals surface area contributed by atoms with E-state index in [4.69, 9.17) is 4.74 Å². The third-order valence-electron chi connectivity index (χ3n) is 2.10. The Morgan fingerprint density at radius 2 is 2.46 bits per heavy atom. The van der Waals surface area contributed by atoms with Crippen molar-refractivity contribution in [2.45, 2.75) is 25.4 Å². The fourth-order valence-electron chi connectivity index (χ4n) is 1.17. The van der Waals surface area contributed by atoms with Gasteiger partial charge in [-0.1, -0.05) is 6.08 Å². The number of hydrogen-bond donors (Lipinski definition) is 0. The van der Waals surface area contributed by atoms with Crippen LogP contribution in [0.5, 0.6) is 0 Å². The molecular weight excluding hydrogens is 166 g/mol.